The van der Waals surface area contributed by atoms with Crippen LogP contribution < -0.4 is 5.32 Å². The van der Waals surface area contributed by atoms with Crippen LogP contribution in [0, 0.1) is 0 Å². The maximum Gasteiger partial charge on any atom is 0.253 e. The molecule has 0 aliphatic carbocycles. The second kappa shape index (κ2) is 7.73. The maximum atomic E-state index is 12.8. The first-order valence-electron chi connectivity index (χ1n) is 8.55. The zero-order chi connectivity index (χ0) is 18.7. The van der Waals surface area contributed by atoms with Crippen molar-refractivity contribution >= 4 is 21.8 Å². The second-order valence-electron chi connectivity index (χ2n) is 6.50. The Hall–Kier alpha value is -1.97. The molecule has 2 aliphatic rings. The van der Waals surface area contributed by atoms with E-state index in [-0.39, 0.29) is 37.4 Å². The van der Waals surface area contributed by atoms with Crippen LogP contribution in [0.2, 0.25) is 0 Å². The lowest BCUT2D eigenvalue weighted by atomic mass is 10.1. The van der Waals surface area contributed by atoms with Gasteiger partial charge in [-0.15, -0.1) is 0 Å². The summed E-state index contributed by atoms with van der Waals surface area (Å²) in [6, 6.07) is 8.15. The van der Waals surface area contributed by atoms with E-state index in [1.165, 1.54) is 7.11 Å². The number of rotatable bonds is 5. The molecule has 1 N–H and O–H groups in total. The number of sulfonamides is 1. The molecular formula is C17H23N3O5S. The van der Waals surface area contributed by atoms with E-state index in [4.69, 9.17) is 4.74 Å². The van der Waals surface area contributed by atoms with Gasteiger partial charge >= 0.3 is 0 Å². The standard InChI is InChI=1S/C17H23N3O5S/c1-25-9-7-20-17(22)15-11-14(12-19(15)8-10-26(20,23)24)18-16(21)13-5-3-2-4-6-13/h2-6,14-15H,7-12H2,1H3,(H,18,21)/t14-,15-/m0/s1. The molecule has 3 rings (SSSR count). The molecule has 0 spiro atoms. The van der Waals surface area contributed by atoms with Crippen LogP contribution in [0.4, 0.5) is 0 Å². The van der Waals surface area contributed by atoms with E-state index in [1.807, 2.05) is 11.0 Å². The summed E-state index contributed by atoms with van der Waals surface area (Å²) in [5, 5.41) is 2.95. The highest BCUT2D eigenvalue weighted by Gasteiger charge is 2.45. The van der Waals surface area contributed by atoms with Crippen molar-refractivity contribution in [1.29, 1.82) is 0 Å². The minimum atomic E-state index is -3.63. The third-order valence-electron chi connectivity index (χ3n) is 4.78. The van der Waals surface area contributed by atoms with Gasteiger partial charge in [0.2, 0.25) is 10.0 Å². The number of carbonyl (C=O) groups is 2. The van der Waals surface area contributed by atoms with Crippen molar-refractivity contribution < 1.29 is 22.7 Å². The molecule has 9 heteroatoms. The van der Waals surface area contributed by atoms with Crippen molar-refractivity contribution in [3.05, 3.63) is 35.9 Å². The molecule has 2 aliphatic heterocycles. The summed E-state index contributed by atoms with van der Waals surface area (Å²) >= 11 is 0. The summed E-state index contributed by atoms with van der Waals surface area (Å²) in [6.45, 7) is 0.914. The summed E-state index contributed by atoms with van der Waals surface area (Å²) in [7, 11) is -2.17. The predicted molar refractivity (Wildman–Crippen MR) is 95.1 cm³/mol. The summed E-state index contributed by atoms with van der Waals surface area (Å²) in [5.41, 5.74) is 0.560. The number of benzene rings is 1. The fourth-order valence-corrected chi connectivity index (χ4v) is 4.87. The number of ether oxygens (including phenoxy) is 1. The van der Waals surface area contributed by atoms with Gasteiger partial charge in [0.1, 0.15) is 0 Å². The highest BCUT2D eigenvalue weighted by Crippen LogP contribution is 2.24. The lowest BCUT2D eigenvalue weighted by Gasteiger charge is -2.23. The topological polar surface area (TPSA) is 96.0 Å². The molecule has 1 aromatic rings. The average molecular weight is 381 g/mol. The number of nitrogens with one attached hydrogen (secondary N) is 1. The van der Waals surface area contributed by atoms with Crippen LogP contribution in [-0.2, 0) is 19.6 Å². The van der Waals surface area contributed by atoms with Gasteiger partial charge in [-0.2, -0.15) is 0 Å². The zero-order valence-electron chi connectivity index (χ0n) is 14.6. The molecule has 142 valence electrons. The third-order valence-corrected chi connectivity index (χ3v) is 6.51. The summed E-state index contributed by atoms with van der Waals surface area (Å²) < 4.78 is 30.6. The largest absolute Gasteiger partial charge is 0.383 e. The normalized spacial score (nSPS) is 25.6. The molecule has 2 saturated heterocycles. The molecule has 26 heavy (non-hydrogen) atoms. The van der Waals surface area contributed by atoms with Gasteiger partial charge in [0.05, 0.1) is 24.9 Å². The number of fused-ring (bicyclic) bond motifs is 1. The first-order valence-corrected chi connectivity index (χ1v) is 10.2. The van der Waals surface area contributed by atoms with Crippen molar-refractivity contribution in [2.24, 2.45) is 0 Å². The third kappa shape index (κ3) is 3.89. The molecule has 2 fully saturated rings. The van der Waals surface area contributed by atoms with Crippen molar-refractivity contribution in [2.75, 3.05) is 39.1 Å². The Kier molecular flexibility index (Phi) is 5.59. The van der Waals surface area contributed by atoms with Gasteiger partial charge in [-0.1, -0.05) is 18.2 Å². The predicted octanol–water partition coefficient (Wildman–Crippen LogP) is -0.322. The minimum absolute atomic E-state index is 0.0169. The summed E-state index contributed by atoms with van der Waals surface area (Å²) in [4.78, 5) is 27.0. The van der Waals surface area contributed by atoms with Gasteiger partial charge in [-0.25, -0.2) is 12.7 Å². The van der Waals surface area contributed by atoms with Crippen LogP contribution >= 0.6 is 0 Å². The van der Waals surface area contributed by atoms with Crippen molar-refractivity contribution in [2.45, 2.75) is 18.5 Å². The minimum Gasteiger partial charge on any atom is -0.383 e. The van der Waals surface area contributed by atoms with Crippen molar-refractivity contribution in [3.8, 4) is 0 Å². The number of carbonyl (C=O) groups excluding carboxylic acids is 2. The molecular weight excluding hydrogens is 358 g/mol. The van der Waals surface area contributed by atoms with E-state index >= 15 is 0 Å². The Morgan fingerprint density at radius 2 is 2.04 bits per heavy atom. The maximum absolute atomic E-state index is 12.8. The van der Waals surface area contributed by atoms with E-state index in [0.717, 1.165) is 4.31 Å². The van der Waals surface area contributed by atoms with Crippen LogP contribution in [0.5, 0.6) is 0 Å². The molecule has 0 unspecified atom stereocenters. The zero-order valence-corrected chi connectivity index (χ0v) is 15.4. The smallest absolute Gasteiger partial charge is 0.253 e. The SMILES string of the molecule is COCCN1C(=O)[C@@H]2C[C@H](NC(=O)c3ccccc3)CN2CCS1(=O)=O. The molecule has 0 saturated carbocycles. The number of hydrogen-bond donors (Lipinski definition) is 1. The average Bonchev–Trinajstić information content (AvgIpc) is 3.00. The Morgan fingerprint density at radius 3 is 2.73 bits per heavy atom. The van der Waals surface area contributed by atoms with Gasteiger partial charge in [0, 0.05) is 31.8 Å². The molecule has 1 aromatic carbocycles. The quantitative estimate of drug-likeness (QED) is 0.751. The monoisotopic (exact) mass is 381 g/mol. The Bertz CT molecular complexity index is 768. The second-order valence-corrected chi connectivity index (χ2v) is 8.51. The van der Waals surface area contributed by atoms with Crippen LogP contribution in [0.3, 0.4) is 0 Å². The van der Waals surface area contributed by atoms with E-state index < -0.39 is 22.0 Å². The fraction of sp³-hybridized carbons (Fsp3) is 0.529. The van der Waals surface area contributed by atoms with Gasteiger partial charge in [0.15, 0.2) is 0 Å². The number of hydrogen-bond acceptors (Lipinski definition) is 6. The highest BCUT2D eigenvalue weighted by molar-refractivity contribution is 7.89. The Labute approximate surface area is 153 Å². The van der Waals surface area contributed by atoms with Crippen molar-refractivity contribution in [1.82, 2.24) is 14.5 Å². The van der Waals surface area contributed by atoms with E-state index in [0.29, 0.717) is 18.5 Å². The summed E-state index contributed by atoms with van der Waals surface area (Å²) in [6.07, 6.45) is 0.399. The lowest BCUT2D eigenvalue weighted by Crippen LogP contribution is -2.45. The van der Waals surface area contributed by atoms with E-state index in [1.54, 1.807) is 24.3 Å². The number of methoxy groups -OCH3 is 1. The van der Waals surface area contributed by atoms with Gasteiger partial charge in [-0.05, 0) is 18.6 Å². The number of amides is 2. The van der Waals surface area contributed by atoms with Gasteiger partial charge in [-0.3, -0.25) is 14.5 Å². The Balaban J connectivity index is 1.70. The molecule has 2 amide bonds. The van der Waals surface area contributed by atoms with E-state index in [2.05, 4.69) is 5.32 Å². The van der Waals surface area contributed by atoms with Crippen LogP contribution in [0.25, 0.3) is 0 Å². The lowest BCUT2D eigenvalue weighted by molar-refractivity contribution is -0.131. The highest BCUT2D eigenvalue weighted by atomic mass is 32.2. The molecule has 2 atom stereocenters. The van der Waals surface area contributed by atoms with Crippen molar-refractivity contribution in [3.63, 3.8) is 0 Å². The van der Waals surface area contributed by atoms with Gasteiger partial charge < -0.3 is 10.1 Å². The Morgan fingerprint density at radius 1 is 1.31 bits per heavy atom. The molecule has 0 radical (unpaired) electrons. The van der Waals surface area contributed by atoms with E-state index in [9.17, 15) is 18.0 Å². The van der Waals surface area contributed by atoms with Crippen LogP contribution in [0.1, 0.15) is 16.8 Å². The molecule has 0 aromatic heterocycles. The van der Waals surface area contributed by atoms with Gasteiger partial charge in [0.25, 0.3) is 11.8 Å². The first-order chi connectivity index (χ1) is 12.4. The van der Waals surface area contributed by atoms with Crippen LogP contribution in [0.15, 0.2) is 30.3 Å². The molecule has 8 nitrogen and oxygen atoms in total. The summed E-state index contributed by atoms with van der Waals surface area (Å²) in [5.74, 6) is -0.737. The van der Waals surface area contributed by atoms with Crippen LogP contribution in [-0.4, -0.2) is 80.6 Å². The fourth-order valence-electron chi connectivity index (χ4n) is 3.44. The first kappa shape index (κ1) is 18.8. The molecule has 0 bridgehead atoms. The number of nitrogens with zero attached hydrogens (tertiary/aromatic N) is 2. The molecule has 2 heterocycles.